The molecule has 0 radical (unpaired) electrons. The second-order valence-electron chi connectivity index (χ2n) is 6.63. The van der Waals surface area contributed by atoms with Crippen LogP contribution in [0.2, 0.25) is 0 Å². The molecule has 0 spiro atoms. The van der Waals surface area contributed by atoms with Crippen LogP contribution in [0.3, 0.4) is 0 Å². The first-order valence-corrected chi connectivity index (χ1v) is 9.86. The standard InChI is InChI=1S/C15H30N2O3S/c1-13(14-6-4-3-5-7-14)11-17(2)21(18,19)12-15-10-16-8-9-20-15/h13-16H,3-12H2,1-2H3. The summed E-state index contributed by atoms with van der Waals surface area (Å²) in [7, 11) is -1.51. The Morgan fingerprint density at radius 3 is 2.62 bits per heavy atom. The fraction of sp³-hybridized carbons (Fsp3) is 1.00. The lowest BCUT2D eigenvalue weighted by atomic mass is 9.81. The molecule has 0 aromatic carbocycles. The predicted molar refractivity (Wildman–Crippen MR) is 84.8 cm³/mol. The van der Waals surface area contributed by atoms with Gasteiger partial charge in [0.15, 0.2) is 0 Å². The Bertz CT molecular complexity index is 401. The quantitative estimate of drug-likeness (QED) is 0.805. The Balaban J connectivity index is 1.83. The van der Waals surface area contributed by atoms with Crippen LogP contribution in [0.4, 0.5) is 0 Å². The zero-order valence-corrected chi connectivity index (χ0v) is 14.2. The van der Waals surface area contributed by atoms with E-state index in [1.807, 2.05) is 0 Å². The Morgan fingerprint density at radius 2 is 2.00 bits per heavy atom. The lowest BCUT2D eigenvalue weighted by Crippen LogP contribution is -2.45. The maximum absolute atomic E-state index is 12.4. The smallest absolute Gasteiger partial charge is 0.216 e. The van der Waals surface area contributed by atoms with Gasteiger partial charge in [-0.05, 0) is 11.8 Å². The van der Waals surface area contributed by atoms with Gasteiger partial charge in [0, 0.05) is 26.7 Å². The van der Waals surface area contributed by atoms with Gasteiger partial charge in [-0.15, -0.1) is 0 Å². The van der Waals surface area contributed by atoms with Crippen molar-refractivity contribution in [3.05, 3.63) is 0 Å². The Labute approximate surface area is 129 Å². The van der Waals surface area contributed by atoms with Gasteiger partial charge in [0.05, 0.1) is 18.5 Å². The van der Waals surface area contributed by atoms with E-state index >= 15 is 0 Å². The fourth-order valence-corrected chi connectivity index (χ4v) is 4.86. The van der Waals surface area contributed by atoms with E-state index in [0.717, 1.165) is 6.54 Å². The maximum Gasteiger partial charge on any atom is 0.216 e. The van der Waals surface area contributed by atoms with Crippen LogP contribution in [0.15, 0.2) is 0 Å². The third-order valence-electron chi connectivity index (χ3n) is 4.88. The molecular formula is C15H30N2O3S. The maximum atomic E-state index is 12.4. The first-order valence-electron chi connectivity index (χ1n) is 8.25. The zero-order valence-electron chi connectivity index (χ0n) is 13.4. The van der Waals surface area contributed by atoms with Crippen LogP contribution in [0.25, 0.3) is 0 Å². The fourth-order valence-electron chi connectivity index (χ4n) is 3.46. The van der Waals surface area contributed by atoms with Crippen molar-refractivity contribution in [1.82, 2.24) is 9.62 Å². The molecule has 1 N–H and O–H groups in total. The molecule has 6 heteroatoms. The van der Waals surface area contributed by atoms with Crippen LogP contribution in [0.5, 0.6) is 0 Å². The molecule has 1 aliphatic carbocycles. The molecule has 1 heterocycles. The van der Waals surface area contributed by atoms with Crippen LogP contribution >= 0.6 is 0 Å². The minimum absolute atomic E-state index is 0.0912. The number of hydrogen-bond donors (Lipinski definition) is 1. The van der Waals surface area contributed by atoms with E-state index in [9.17, 15) is 8.42 Å². The van der Waals surface area contributed by atoms with Crippen LogP contribution in [0, 0.1) is 11.8 Å². The number of nitrogens with one attached hydrogen (secondary N) is 1. The van der Waals surface area contributed by atoms with E-state index in [1.54, 1.807) is 11.4 Å². The van der Waals surface area contributed by atoms with E-state index in [-0.39, 0.29) is 11.9 Å². The van der Waals surface area contributed by atoms with Gasteiger partial charge in [0.25, 0.3) is 0 Å². The molecule has 21 heavy (non-hydrogen) atoms. The molecule has 1 saturated carbocycles. The molecule has 124 valence electrons. The third kappa shape index (κ3) is 5.20. The highest BCUT2D eigenvalue weighted by atomic mass is 32.2. The van der Waals surface area contributed by atoms with Gasteiger partial charge in [0.2, 0.25) is 10.0 Å². The number of hydrogen-bond acceptors (Lipinski definition) is 4. The number of sulfonamides is 1. The molecule has 2 fully saturated rings. The van der Waals surface area contributed by atoms with Crippen molar-refractivity contribution in [1.29, 1.82) is 0 Å². The highest BCUT2D eigenvalue weighted by Crippen LogP contribution is 2.30. The first kappa shape index (κ1) is 17.2. The molecule has 5 nitrogen and oxygen atoms in total. The van der Waals surface area contributed by atoms with Crippen molar-refractivity contribution in [2.45, 2.75) is 45.1 Å². The molecule has 0 aromatic heterocycles. The van der Waals surface area contributed by atoms with Gasteiger partial charge in [-0.25, -0.2) is 12.7 Å². The van der Waals surface area contributed by atoms with Gasteiger partial charge in [-0.3, -0.25) is 0 Å². The van der Waals surface area contributed by atoms with Crippen molar-refractivity contribution in [2.24, 2.45) is 11.8 Å². The number of nitrogens with zero attached hydrogens (tertiary/aromatic N) is 1. The van der Waals surface area contributed by atoms with Gasteiger partial charge in [0.1, 0.15) is 0 Å². The second-order valence-corrected chi connectivity index (χ2v) is 8.75. The molecule has 1 aliphatic heterocycles. The summed E-state index contributed by atoms with van der Waals surface area (Å²) < 4.78 is 31.9. The minimum Gasteiger partial charge on any atom is -0.374 e. The molecular weight excluding hydrogens is 288 g/mol. The number of ether oxygens (including phenoxy) is 1. The zero-order chi connectivity index (χ0) is 15.3. The minimum atomic E-state index is -3.23. The van der Waals surface area contributed by atoms with E-state index in [4.69, 9.17) is 4.74 Å². The molecule has 0 amide bonds. The first-order chi connectivity index (χ1) is 9.99. The van der Waals surface area contributed by atoms with E-state index < -0.39 is 10.0 Å². The molecule has 0 aromatic rings. The van der Waals surface area contributed by atoms with Gasteiger partial charge >= 0.3 is 0 Å². The predicted octanol–water partition coefficient (Wildman–Crippen LogP) is 1.45. The molecule has 0 bridgehead atoms. The largest absolute Gasteiger partial charge is 0.374 e. The van der Waals surface area contributed by atoms with Crippen molar-refractivity contribution in [3.8, 4) is 0 Å². The Morgan fingerprint density at radius 1 is 1.29 bits per heavy atom. The Kier molecular flexibility index (Phi) is 6.47. The number of rotatable bonds is 6. The summed E-state index contributed by atoms with van der Waals surface area (Å²) in [4.78, 5) is 0. The average Bonchev–Trinajstić information content (AvgIpc) is 2.48. The van der Waals surface area contributed by atoms with Crippen molar-refractivity contribution in [3.63, 3.8) is 0 Å². The van der Waals surface area contributed by atoms with Crippen LogP contribution in [-0.2, 0) is 14.8 Å². The lowest BCUT2D eigenvalue weighted by Gasteiger charge is -2.31. The molecule has 2 atom stereocenters. The van der Waals surface area contributed by atoms with Gasteiger partial charge in [-0.2, -0.15) is 0 Å². The second kappa shape index (κ2) is 7.90. The van der Waals surface area contributed by atoms with E-state index in [0.29, 0.717) is 31.5 Å². The summed E-state index contributed by atoms with van der Waals surface area (Å²) in [6.45, 7) is 4.87. The van der Waals surface area contributed by atoms with Crippen LogP contribution in [-0.4, -0.2) is 57.9 Å². The SMILES string of the molecule is CC(CN(C)S(=O)(=O)CC1CNCCO1)C1CCCCC1. The van der Waals surface area contributed by atoms with Gasteiger partial charge < -0.3 is 10.1 Å². The van der Waals surface area contributed by atoms with E-state index in [2.05, 4.69) is 12.2 Å². The lowest BCUT2D eigenvalue weighted by molar-refractivity contribution is 0.0423. The monoisotopic (exact) mass is 318 g/mol. The summed E-state index contributed by atoms with van der Waals surface area (Å²) >= 11 is 0. The van der Waals surface area contributed by atoms with Crippen molar-refractivity contribution >= 4 is 10.0 Å². The molecule has 2 unspecified atom stereocenters. The van der Waals surface area contributed by atoms with Crippen molar-refractivity contribution in [2.75, 3.05) is 39.0 Å². The van der Waals surface area contributed by atoms with Crippen molar-refractivity contribution < 1.29 is 13.2 Å². The van der Waals surface area contributed by atoms with Crippen LogP contribution in [0.1, 0.15) is 39.0 Å². The normalized spacial score (nSPS) is 26.9. The third-order valence-corrected chi connectivity index (χ3v) is 6.77. The highest BCUT2D eigenvalue weighted by Gasteiger charge is 2.28. The summed E-state index contributed by atoms with van der Waals surface area (Å²) in [5.41, 5.74) is 0. The average molecular weight is 318 g/mol. The topological polar surface area (TPSA) is 58.6 Å². The molecule has 2 rings (SSSR count). The highest BCUT2D eigenvalue weighted by molar-refractivity contribution is 7.89. The number of morpholine rings is 1. The van der Waals surface area contributed by atoms with Crippen LogP contribution < -0.4 is 5.32 Å². The molecule has 2 aliphatic rings. The Hall–Kier alpha value is -0.170. The summed E-state index contributed by atoms with van der Waals surface area (Å²) in [6, 6.07) is 0. The molecule has 1 saturated heterocycles. The van der Waals surface area contributed by atoms with E-state index in [1.165, 1.54) is 32.1 Å². The summed E-state index contributed by atoms with van der Waals surface area (Å²) in [6.07, 6.45) is 6.23. The summed E-state index contributed by atoms with van der Waals surface area (Å²) in [5, 5.41) is 3.18. The van der Waals surface area contributed by atoms with Gasteiger partial charge in [-0.1, -0.05) is 39.0 Å². The summed E-state index contributed by atoms with van der Waals surface area (Å²) in [5.74, 6) is 1.22.